The number of thiazole rings is 1. The van der Waals surface area contributed by atoms with E-state index in [9.17, 15) is 19.2 Å². The maximum absolute atomic E-state index is 13.3. The number of hydrazine groups is 1. The van der Waals surface area contributed by atoms with Crippen molar-refractivity contribution in [3.05, 3.63) is 57.5 Å². The van der Waals surface area contributed by atoms with Crippen LogP contribution in [0.5, 0.6) is 0 Å². The van der Waals surface area contributed by atoms with Gasteiger partial charge in [-0.2, -0.15) is 5.10 Å². The van der Waals surface area contributed by atoms with Crippen LogP contribution in [0, 0.1) is 0 Å². The molecule has 13 heteroatoms. The van der Waals surface area contributed by atoms with Gasteiger partial charge in [0, 0.05) is 0 Å². The summed E-state index contributed by atoms with van der Waals surface area (Å²) < 4.78 is 0.745. The highest BCUT2D eigenvalue weighted by molar-refractivity contribution is 7.19. The second-order valence-electron chi connectivity index (χ2n) is 6.44. The number of imide groups is 1. The fourth-order valence-electron chi connectivity index (χ4n) is 3.04. The molecule has 0 radical (unpaired) electrons. The number of benzene rings is 2. The van der Waals surface area contributed by atoms with Crippen LogP contribution < -0.4 is 21.6 Å². The molecule has 1 aromatic heterocycles. The summed E-state index contributed by atoms with van der Waals surface area (Å²) in [5.74, 6) is 0.632. The molecule has 2 aromatic carbocycles. The fraction of sp³-hybridized carbons (Fsp3) is 0.0526. The first-order valence-electron chi connectivity index (χ1n) is 8.89. The van der Waals surface area contributed by atoms with Crippen LogP contribution in [0.2, 0.25) is 10.0 Å². The lowest BCUT2D eigenvalue weighted by Gasteiger charge is -2.29. The van der Waals surface area contributed by atoms with Crippen molar-refractivity contribution in [1.29, 1.82) is 0 Å². The molecule has 1 atom stereocenters. The molecule has 0 spiro atoms. The minimum absolute atomic E-state index is 0.0153. The number of hydrogen-bond donors (Lipinski definition) is 3. The van der Waals surface area contributed by atoms with Gasteiger partial charge < -0.3 is 0 Å². The maximum Gasteiger partial charge on any atom is 0.349 e. The molecule has 162 valence electrons. The van der Waals surface area contributed by atoms with Crippen molar-refractivity contribution < 1.29 is 19.2 Å². The van der Waals surface area contributed by atoms with Gasteiger partial charge in [-0.05, 0) is 30.3 Å². The van der Waals surface area contributed by atoms with Crippen molar-refractivity contribution in [2.24, 2.45) is 10.9 Å². The number of aromatic nitrogens is 1. The number of hydrazone groups is 1. The summed E-state index contributed by atoms with van der Waals surface area (Å²) in [5.41, 5.74) is 4.00. The first-order chi connectivity index (χ1) is 15.3. The van der Waals surface area contributed by atoms with E-state index in [4.69, 9.17) is 29.0 Å². The van der Waals surface area contributed by atoms with Gasteiger partial charge in [0.25, 0.3) is 5.91 Å². The number of piperidine rings is 1. The van der Waals surface area contributed by atoms with Crippen LogP contribution in [0.15, 0.2) is 47.6 Å². The van der Waals surface area contributed by atoms with E-state index in [0.29, 0.717) is 10.4 Å². The molecular formula is C19H12Cl2N6O4S. The van der Waals surface area contributed by atoms with Crippen LogP contribution in [0.25, 0.3) is 10.2 Å². The molecule has 1 aliphatic heterocycles. The molecule has 4 amide bonds. The van der Waals surface area contributed by atoms with Crippen molar-refractivity contribution in [2.45, 2.75) is 5.92 Å². The number of para-hydroxylation sites is 1. The van der Waals surface area contributed by atoms with E-state index in [-0.39, 0.29) is 20.7 Å². The molecule has 0 bridgehead atoms. The summed E-state index contributed by atoms with van der Waals surface area (Å²) in [6.45, 7) is 0. The number of halogens is 2. The number of ketones is 1. The van der Waals surface area contributed by atoms with Gasteiger partial charge in [0.15, 0.2) is 0 Å². The summed E-state index contributed by atoms with van der Waals surface area (Å²) in [4.78, 5) is 55.9. The molecule has 3 aromatic rings. The summed E-state index contributed by atoms with van der Waals surface area (Å²) in [5, 5.41) is 4.23. The number of nitrogens with two attached hydrogens (primary N) is 1. The average Bonchev–Trinajstić information content (AvgIpc) is 3.21. The molecule has 1 fully saturated rings. The number of carbonyl (C=O) groups excluding carboxylic acids is 4. The number of nitrogens with one attached hydrogen (secondary N) is 2. The number of amides is 4. The third-order valence-electron chi connectivity index (χ3n) is 4.50. The Labute approximate surface area is 194 Å². The lowest BCUT2D eigenvalue weighted by molar-refractivity contribution is -0.139. The predicted octanol–water partition coefficient (Wildman–Crippen LogP) is 2.36. The van der Waals surface area contributed by atoms with E-state index in [0.717, 1.165) is 16.0 Å². The second kappa shape index (κ2) is 8.63. The van der Waals surface area contributed by atoms with Gasteiger partial charge in [-0.25, -0.2) is 25.9 Å². The zero-order valence-electron chi connectivity index (χ0n) is 15.8. The standard InChI is InChI=1S/C19H12Cl2N6O4S/c20-9-6-5-8(7-10(9)21)27-17(29)14(25-26-19(31)24-22)13(15(28)18(27)30)16-23-11-3-1-2-4-12(11)32-16/h1-7,13H,22H2,(H2,24,26,31)/b25-14-/t13-/m0/s1. The summed E-state index contributed by atoms with van der Waals surface area (Å²) in [6.07, 6.45) is 0. The van der Waals surface area contributed by atoms with Gasteiger partial charge in [-0.3, -0.25) is 19.8 Å². The quantitative estimate of drug-likeness (QED) is 0.169. The van der Waals surface area contributed by atoms with Crippen molar-refractivity contribution in [3.63, 3.8) is 0 Å². The molecule has 0 saturated carbocycles. The molecule has 0 unspecified atom stereocenters. The van der Waals surface area contributed by atoms with Crippen LogP contribution in [-0.4, -0.2) is 34.3 Å². The number of Topliss-reactive ketones (excluding diaryl/α,β-unsaturated/α-hetero) is 1. The van der Waals surface area contributed by atoms with Crippen molar-refractivity contribution in [1.82, 2.24) is 15.8 Å². The highest BCUT2D eigenvalue weighted by Crippen LogP contribution is 2.35. The number of carbonyl (C=O) groups is 4. The number of anilines is 1. The van der Waals surface area contributed by atoms with Crippen molar-refractivity contribution in [2.75, 3.05) is 4.90 Å². The van der Waals surface area contributed by atoms with Crippen LogP contribution in [0.4, 0.5) is 10.5 Å². The Morgan fingerprint density at radius 1 is 1.09 bits per heavy atom. The van der Waals surface area contributed by atoms with E-state index >= 15 is 0 Å². The Hall–Kier alpha value is -3.38. The number of urea groups is 1. The van der Waals surface area contributed by atoms with Crippen LogP contribution in [0.3, 0.4) is 0 Å². The molecule has 10 nitrogen and oxygen atoms in total. The van der Waals surface area contributed by atoms with Crippen molar-refractivity contribution in [3.8, 4) is 0 Å². The lowest BCUT2D eigenvalue weighted by Crippen LogP contribution is -2.55. The molecule has 1 saturated heterocycles. The van der Waals surface area contributed by atoms with Crippen LogP contribution >= 0.6 is 34.5 Å². The van der Waals surface area contributed by atoms with Gasteiger partial charge in [0.1, 0.15) is 16.6 Å². The van der Waals surface area contributed by atoms with Gasteiger partial charge in [0.2, 0.25) is 5.78 Å². The smallest absolute Gasteiger partial charge is 0.287 e. The number of fused-ring (bicyclic) bond motifs is 1. The number of hydrogen-bond acceptors (Lipinski definition) is 8. The van der Waals surface area contributed by atoms with Gasteiger partial charge in [0.05, 0.1) is 25.9 Å². The maximum atomic E-state index is 13.3. The van der Waals surface area contributed by atoms with E-state index in [1.807, 2.05) is 5.43 Å². The van der Waals surface area contributed by atoms with Gasteiger partial charge in [-0.15, -0.1) is 11.3 Å². The van der Waals surface area contributed by atoms with E-state index in [1.165, 1.54) is 18.2 Å². The van der Waals surface area contributed by atoms with Gasteiger partial charge >= 0.3 is 11.9 Å². The van der Waals surface area contributed by atoms with Crippen LogP contribution in [0.1, 0.15) is 10.9 Å². The lowest BCUT2D eigenvalue weighted by atomic mass is 9.92. The Balaban J connectivity index is 1.84. The fourth-order valence-corrected chi connectivity index (χ4v) is 4.41. The molecule has 4 N–H and O–H groups in total. The average molecular weight is 491 g/mol. The topological polar surface area (TPSA) is 147 Å². The minimum atomic E-state index is -1.41. The Kier molecular flexibility index (Phi) is 5.89. The van der Waals surface area contributed by atoms with E-state index in [2.05, 4.69) is 10.1 Å². The first-order valence-corrected chi connectivity index (χ1v) is 10.5. The predicted molar refractivity (Wildman–Crippen MR) is 120 cm³/mol. The zero-order valence-corrected chi connectivity index (χ0v) is 18.2. The number of rotatable bonds is 3. The largest absolute Gasteiger partial charge is 0.349 e. The summed E-state index contributed by atoms with van der Waals surface area (Å²) in [6, 6.07) is 10.1. The molecule has 4 rings (SSSR count). The van der Waals surface area contributed by atoms with Gasteiger partial charge in [-0.1, -0.05) is 35.3 Å². The summed E-state index contributed by atoms with van der Waals surface area (Å²) >= 11 is 13.0. The molecule has 1 aliphatic rings. The zero-order chi connectivity index (χ0) is 23.0. The van der Waals surface area contributed by atoms with E-state index < -0.39 is 35.3 Å². The Morgan fingerprint density at radius 3 is 2.53 bits per heavy atom. The molecule has 0 aliphatic carbocycles. The SMILES string of the molecule is NNC(=O)N/N=C1\C(=O)N(c2ccc(Cl)c(Cl)c2)C(=O)C(=O)[C@H]1c1nc2ccccc2s1. The van der Waals surface area contributed by atoms with Crippen LogP contribution in [-0.2, 0) is 14.4 Å². The molecule has 2 heterocycles. The number of nitrogens with zero attached hydrogens (tertiary/aromatic N) is 3. The third-order valence-corrected chi connectivity index (χ3v) is 6.34. The highest BCUT2D eigenvalue weighted by Gasteiger charge is 2.48. The van der Waals surface area contributed by atoms with E-state index in [1.54, 1.807) is 29.7 Å². The Morgan fingerprint density at radius 2 is 1.84 bits per heavy atom. The molecule has 32 heavy (non-hydrogen) atoms. The third kappa shape index (κ3) is 3.82. The highest BCUT2D eigenvalue weighted by atomic mass is 35.5. The van der Waals surface area contributed by atoms with Crippen molar-refractivity contribution >= 4 is 79.8 Å². The normalized spacial score (nSPS) is 17.8. The monoisotopic (exact) mass is 490 g/mol. The molecular weight excluding hydrogens is 479 g/mol. The second-order valence-corrected chi connectivity index (χ2v) is 8.32. The summed E-state index contributed by atoms with van der Waals surface area (Å²) in [7, 11) is 0. The first kappa shape index (κ1) is 21.8. The minimum Gasteiger partial charge on any atom is -0.287 e. The Bertz CT molecular complexity index is 1290.